The lowest BCUT2D eigenvalue weighted by molar-refractivity contribution is -0.132. The Bertz CT molecular complexity index is 1460. The Kier molecular flexibility index (Phi) is 10.5. The summed E-state index contributed by atoms with van der Waals surface area (Å²) in [6.45, 7) is 3.46. The Morgan fingerprint density at radius 1 is 0.951 bits per heavy atom. The summed E-state index contributed by atoms with van der Waals surface area (Å²) in [6, 6.07) is 18.3. The first kappa shape index (κ1) is 29.7. The van der Waals surface area contributed by atoms with Crippen LogP contribution in [0.3, 0.4) is 0 Å². The van der Waals surface area contributed by atoms with Gasteiger partial charge in [-0.3, -0.25) is 9.59 Å². The molecule has 7 nitrogen and oxygen atoms in total. The number of rotatable bonds is 14. The zero-order valence-electron chi connectivity index (χ0n) is 23.4. The van der Waals surface area contributed by atoms with Crippen LogP contribution in [0.4, 0.5) is 8.78 Å². The lowest BCUT2D eigenvalue weighted by Gasteiger charge is -2.28. The van der Waals surface area contributed by atoms with Crippen molar-refractivity contribution in [3.63, 3.8) is 0 Å². The summed E-state index contributed by atoms with van der Waals surface area (Å²) in [5.41, 5.74) is 2.71. The lowest BCUT2D eigenvalue weighted by Crippen LogP contribution is -2.44. The second kappa shape index (κ2) is 14.4. The normalized spacial score (nSPS) is 11.0. The molecule has 0 fully saturated rings. The molecule has 216 valence electrons. The fourth-order valence-electron chi connectivity index (χ4n) is 4.71. The summed E-state index contributed by atoms with van der Waals surface area (Å²) in [5.74, 6) is -1.97. The number of carbonyl (C=O) groups is 2. The number of para-hydroxylation sites is 1. The molecular formula is C32H35F2N3O4. The van der Waals surface area contributed by atoms with Crippen molar-refractivity contribution in [1.82, 2.24) is 14.8 Å². The minimum atomic E-state index is -0.968. The number of nitrogens with zero attached hydrogens (tertiary/aromatic N) is 2. The highest BCUT2D eigenvalue weighted by Gasteiger charge is 2.25. The molecule has 2 amide bonds. The van der Waals surface area contributed by atoms with Crippen molar-refractivity contribution in [2.24, 2.45) is 0 Å². The van der Waals surface area contributed by atoms with E-state index in [1.165, 1.54) is 4.90 Å². The molecule has 0 spiro atoms. The van der Waals surface area contributed by atoms with Crippen LogP contribution in [-0.2, 0) is 22.5 Å². The number of aromatic amines is 1. The SMILES string of the molecule is CCOc1ccc(CN(CCc2c[nH]c3ccccc23)C(=O)CN(CCCOC)C(=O)c2ccc(F)cc2F)cc1. The highest BCUT2D eigenvalue weighted by molar-refractivity contribution is 5.96. The molecule has 0 bridgehead atoms. The first-order valence-electron chi connectivity index (χ1n) is 13.7. The summed E-state index contributed by atoms with van der Waals surface area (Å²) in [7, 11) is 1.54. The van der Waals surface area contributed by atoms with Gasteiger partial charge in [0.15, 0.2) is 0 Å². The summed E-state index contributed by atoms with van der Waals surface area (Å²) < 4.78 is 38.7. The number of aromatic nitrogens is 1. The number of carbonyl (C=O) groups excluding carboxylic acids is 2. The monoisotopic (exact) mass is 563 g/mol. The molecule has 0 aliphatic carbocycles. The molecule has 4 aromatic rings. The van der Waals surface area contributed by atoms with Crippen molar-refractivity contribution >= 4 is 22.7 Å². The molecule has 0 saturated carbocycles. The summed E-state index contributed by atoms with van der Waals surface area (Å²) in [4.78, 5) is 33.4. The topological polar surface area (TPSA) is 74.9 Å². The van der Waals surface area contributed by atoms with Crippen molar-refractivity contribution in [2.75, 3.05) is 40.0 Å². The Hall–Kier alpha value is -4.24. The molecule has 0 saturated heterocycles. The van der Waals surface area contributed by atoms with Crippen LogP contribution in [0.2, 0.25) is 0 Å². The molecular weight excluding hydrogens is 528 g/mol. The number of methoxy groups -OCH3 is 1. The zero-order chi connectivity index (χ0) is 29.2. The summed E-state index contributed by atoms with van der Waals surface area (Å²) >= 11 is 0. The molecule has 1 N–H and O–H groups in total. The number of ether oxygens (including phenoxy) is 2. The van der Waals surface area contributed by atoms with Crippen LogP contribution in [-0.4, -0.2) is 66.6 Å². The number of fused-ring (bicyclic) bond motifs is 1. The average molecular weight is 564 g/mol. The first-order chi connectivity index (χ1) is 19.9. The second-order valence-electron chi connectivity index (χ2n) is 9.70. The number of halogens is 2. The van der Waals surface area contributed by atoms with Crippen molar-refractivity contribution in [2.45, 2.75) is 26.3 Å². The van der Waals surface area contributed by atoms with E-state index in [1.54, 1.807) is 12.0 Å². The molecule has 0 unspecified atom stereocenters. The number of hydrogen-bond donors (Lipinski definition) is 1. The van der Waals surface area contributed by atoms with Gasteiger partial charge in [0.1, 0.15) is 23.9 Å². The molecule has 0 radical (unpaired) electrons. The van der Waals surface area contributed by atoms with E-state index in [0.717, 1.165) is 39.9 Å². The van der Waals surface area contributed by atoms with Crippen LogP contribution in [0.25, 0.3) is 10.9 Å². The van der Waals surface area contributed by atoms with E-state index >= 15 is 0 Å². The Morgan fingerprint density at radius 2 is 1.73 bits per heavy atom. The van der Waals surface area contributed by atoms with Crippen molar-refractivity contribution in [3.8, 4) is 5.75 Å². The highest BCUT2D eigenvalue weighted by atomic mass is 19.1. The van der Waals surface area contributed by atoms with Crippen LogP contribution in [0, 0.1) is 11.6 Å². The molecule has 0 atom stereocenters. The van der Waals surface area contributed by atoms with E-state index in [4.69, 9.17) is 9.47 Å². The molecule has 41 heavy (non-hydrogen) atoms. The van der Waals surface area contributed by atoms with Gasteiger partial charge in [0.05, 0.1) is 12.2 Å². The zero-order valence-corrected chi connectivity index (χ0v) is 23.4. The van der Waals surface area contributed by atoms with Gasteiger partial charge in [0.25, 0.3) is 5.91 Å². The lowest BCUT2D eigenvalue weighted by atomic mass is 10.1. The van der Waals surface area contributed by atoms with E-state index in [9.17, 15) is 18.4 Å². The van der Waals surface area contributed by atoms with Crippen LogP contribution in [0.15, 0.2) is 72.9 Å². The smallest absolute Gasteiger partial charge is 0.257 e. The number of amides is 2. The van der Waals surface area contributed by atoms with Crippen LogP contribution >= 0.6 is 0 Å². The maximum atomic E-state index is 14.5. The van der Waals surface area contributed by atoms with Crippen LogP contribution < -0.4 is 4.74 Å². The number of benzene rings is 3. The van der Waals surface area contributed by atoms with Gasteiger partial charge in [-0.1, -0.05) is 30.3 Å². The van der Waals surface area contributed by atoms with Crippen LogP contribution in [0.5, 0.6) is 5.75 Å². The Balaban J connectivity index is 1.56. The predicted octanol–water partition coefficient (Wildman–Crippen LogP) is 5.60. The van der Waals surface area contributed by atoms with E-state index in [-0.39, 0.29) is 24.6 Å². The minimum Gasteiger partial charge on any atom is -0.494 e. The van der Waals surface area contributed by atoms with Gasteiger partial charge in [-0.15, -0.1) is 0 Å². The van der Waals surface area contributed by atoms with Gasteiger partial charge < -0.3 is 24.3 Å². The average Bonchev–Trinajstić information content (AvgIpc) is 3.38. The first-order valence-corrected chi connectivity index (χ1v) is 13.7. The summed E-state index contributed by atoms with van der Waals surface area (Å²) in [5, 5.41) is 1.09. The molecule has 4 rings (SSSR count). The third-order valence-corrected chi connectivity index (χ3v) is 6.84. The van der Waals surface area contributed by atoms with Crippen molar-refractivity contribution in [3.05, 3.63) is 101 Å². The Labute approximate surface area is 238 Å². The van der Waals surface area contributed by atoms with Gasteiger partial charge in [-0.25, -0.2) is 8.78 Å². The molecule has 0 aliphatic rings. The predicted molar refractivity (Wildman–Crippen MR) is 154 cm³/mol. The van der Waals surface area contributed by atoms with Gasteiger partial charge >= 0.3 is 0 Å². The minimum absolute atomic E-state index is 0.175. The number of H-pyrrole nitrogens is 1. The van der Waals surface area contributed by atoms with E-state index in [1.807, 2.05) is 61.7 Å². The highest BCUT2D eigenvalue weighted by Crippen LogP contribution is 2.20. The second-order valence-corrected chi connectivity index (χ2v) is 9.70. The van der Waals surface area contributed by atoms with Crippen molar-refractivity contribution < 1.29 is 27.8 Å². The molecule has 3 aromatic carbocycles. The largest absolute Gasteiger partial charge is 0.494 e. The van der Waals surface area contributed by atoms with E-state index < -0.39 is 17.5 Å². The third-order valence-electron chi connectivity index (χ3n) is 6.84. The quantitative estimate of drug-likeness (QED) is 0.203. The number of nitrogens with one attached hydrogen (secondary N) is 1. The summed E-state index contributed by atoms with van der Waals surface area (Å²) in [6.07, 6.45) is 2.99. The Morgan fingerprint density at radius 3 is 2.46 bits per heavy atom. The fraction of sp³-hybridized carbons (Fsp3) is 0.312. The molecule has 0 aliphatic heterocycles. The maximum absolute atomic E-state index is 14.5. The molecule has 1 aromatic heterocycles. The van der Waals surface area contributed by atoms with E-state index in [0.29, 0.717) is 45.2 Å². The van der Waals surface area contributed by atoms with Gasteiger partial charge in [0, 0.05) is 56.5 Å². The molecule has 9 heteroatoms. The van der Waals surface area contributed by atoms with Gasteiger partial charge in [0.2, 0.25) is 5.91 Å². The third kappa shape index (κ3) is 7.91. The standard InChI is InChI=1S/C32H35F2N3O4/c1-3-41-26-12-9-23(10-13-26)21-36(17-15-24-20-35-30-8-5-4-7-27(24)30)31(38)22-37(16-6-18-40-2)32(39)28-14-11-25(33)19-29(28)34/h4-5,7-14,19-20,35H,3,6,15-18,21-22H2,1-2H3. The van der Waals surface area contributed by atoms with Gasteiger partial charge in [-0.2, -0.15) is 0 Å². The molecule has 1 heterocycles. The van der Waals surface area contributed by atoms with E-state index in [2.05, 4.69) is 4.98 Å². The van der Waals surface area contributed by atoms with Crippen molar-refractivity contribution in [1.29, 1.82) is 0 Å². The van der Waals surface area contributed by atoms with Gasteiger partial charge in [-0.05, 0) is 61.2 Å². The van der Waals surface area contributed by atoms with Crippen LogP contribution in [0.1, 0.15) is 34.8 Å². The maximum Gasteiger partial charge on any atom is 0.257 e. The fourth-order valence-corrected chi connectivity index (χ4v) is 4.71. The number of hydrogen-bond acceptors (Lipinski definition) is 4.